The van der Waals surface area contributed by atoms with Crippen molar-refractivity contribution < 1.29 is 9.47 Å². The molecule has 0 amide bonds. The molecule has 1 N–H and O–H groups in total. The summed E-state index contributed by atoms with van der Waals surface area (Å²) < 4.78 is 10.3. The van der Waals surface area contributed by atoms with E-state index in [2.05, 4.69) is 17.1 Å². The topological polar surface area (TPSA) is 33.7 Å². The van der Waals surface area contributed by atoms with Crippen LogP contribution in [0.2, 0.25) is 0 Å². The van der Waals surface area contributed by atoms with Gasteiger partial charge in [0.15, 0.2) is 0 Å². The molecule has 0 aromatic heterocycles. The minimum Gasteiger partial charge on any atom is -0.383 e. The van der Waals surface area contributed by atoms with E-state index in [1.165, 1.54) is 12.8 Å². The number of methoxy groups -OCH3 is 2. The fourth-order valence-electron chi connectivity index (χ4n) is 1.88. The quantitative estimate of drug-likeness (QED) is 0.575. The second-order valence-electron chi connectivity index (χ2n) is 4.02. The molecular weight excluding hydrogens is 204 g/mol. The third kappa shape index (κ3) is 7.17. The Hall–Kier alpha value is -0.160. The van der Waals surface area contributed by atoms with Crippen LogP contribution >= 0.6 is 0 Å². The van der Waals surface area contributed by atoms with Crippen LogP contribution in [0.5, 0.6) is 0 Å². The first-order valence-electron chi connectivity index (χ1n) is 6.16. The summed E-state index contributed by atoms with van der Waals surface area (Å²) in [5, 5.41) is 3.26. The summed E-state index contributed by atoms with van der Waals surface area (Å²) in [6.45, 7) is 6.79. The molecule has 1 unspecified atom stereocenters. The van der Waals surface area contributed by atoms with Crippen LogP contribution in [0, 0.1) is 0 Å². The van der Waals surface area contributed by atoms with Crippen molar-refractivity contribution in [3.05, 3.63) is 0 Å². The SMILES string of the molecule is CCCC(CNC)N(CCOC)CCOC. The summed E-state index contributed by atoms with van der Waals surface area (Å²) in [7, 11) is 5.51. The number of hydrogen-bond acceptors (Lipinski definition) is 4. The molecule has 0 spiro atoms. The number of ether oxygens (including phenoxy) is 2. The van der Waals surface area contributed by atoms with Crippen LogP contribution in [0.4, 0.5) is 0 Å². The Morgan fingerprint density at radius 3 is 2.06 bits per heavy atom. The Balaban J connectivity index is 4.15. The highest BCUT2D eigenvalue weighted by Gasteiger charge is 2.16. The number of nitrogens with one attached hydrogen (secondary N) is 1. The zero-order valence-corrected chi connectivity index (χ0v) is 11.3. The second-order valence-corrected chi connectivity index (χ2v) is 4.02. The lowest BCUT2D eigenvalue weighted by Gasteiger charge is -2.31. The van der Waals surface area contributed by atoms with Crippen LogP contribution in [0.3, 0.4) is 0 Å². The zero-order chi connectivity index (χ0) is 12.2. The Labute approximate surface area is 100 Å². The lowest BCUT2D eigenvalue weighted by atomic mass is 10.1. The van der Waals surface area contributed by atoms with Gasteiger partial charge in [0.25, 0.3) is 0 Å². The molecule has 0 aliphatic rings. The van der Waals surface area contributed by atoms with Gasteiger partial charge < -0.3 is 14.8 Å². The van der Waals surface area contributed by atoms with Crippen LogP contribution in [-0.2, 0) is 9.47 Å². The molecule has 0 aliphatic carbocycles. The van der Waals surface area contributed by atoms with E-state index >= 15 is 0 Å². The smallest absolute Gasteiger partial charge is 0.0589 e. The second kappa shape index (κ2) is 11.3. The van der Waals surface area contributed by atoms with E-state index in [9.17, 15) is 0 Å². The molecule has 0 aliphatic heterocycles. The Morgan fingerprint density at radius 2 is 1.69 bits per heavy atom. The molecule has 0 fully saturated rings. The molecule has 0 bridgehead atoms. The maximum absolute atomic E-state index is 5.16. The molecule has 0 saturated heterocycles. The van der Waals surface area contributed by atoms with E-state index in [0.29, 0.717) is 6.04 Å². The third-order valence-electron chi connectivity index (χ3n) is 2.74. The Bertz CT molecular complexity index is 131. The first-order valence-corrected chi connectivity index (χ1v) is 6.16. The highest BCUT2D eigenvalue weighted by atomic mass is 16.5. The van der Waals surface area contributed by atoms with Gasteiger partial charge >= 0.3 is 0 Å². The summed E-state index contributed by atoms with van der Waals surface area (Å²) in [5.41, 5.74) is 0. The minimum atomic E-state index is 0.584. The van der Waals surface area contributed by atoms with E-state index in [1.54, 1.807) is 14.2 Å². The van der Waals surface area contributed by atoms with Gasteiger partial charge in [-0.2, -0.15) is 0 Å². The van der Waals surface area contributed by atoms with Crippen LogP contribution in [0.15, 0.2) is 0 Å². The molecule has 0 aromatic carbocycles. The van der Waals surface area contributed by atoms with Gasteiger partial charge in [0.1, 0.15) is 0 Å². The molecule has 0 saturated carbocycles. The zero-order valence-electron chi connectivity index (χ0n) is 11.3. The predicted octanol–water partition coefficient (Wildman–Crippen LogP) is 0.969. The average Bonchev–Trinajstić information content (AvgIpc) is 2.29. The molecule has 16 heavy (non-hydrogen) atoms. The first-order chi connectivity index (χ1) is 7.79. The van der Waals surface area contributed by atoms with E-state index in [0.717, 1.165) is 32.8 Å². The summed E-state index contributed by atoms with van der Waals surface area (Å²) >= 11 is 0. The van der Waals surface area contributed by atoms with Crippen LogP contribution in [0.1, 0.15) is 19.8 Å². The lowest BCUT2D eigenvalue weighted by molar-refractivity contribution is 0.0841. The maximum atomic E-state index is 5.16. The molecule has 4 heteroatoms. The van der Waals surface area contributed by atoms with Crippen molar-refractivity contribution in [2.24, 2.45) is 0 Å². The summed E-state index contributed by atoms with van der Waals surface area (Å²) in [5.74, 6) is 0. The van der Waals surface area contributed by atoms with Gasteiger partial charge in [-0.15, -0.1) is 0 Å². The minimum absolute atomic E-state index is 0.584. The van der Waals surface area contributed by atoms with Crippen molar-refractivity contribution in [3.63, 3.8) is 0 Å². The maximum Gasteiger partial charge on any atom is 0.0589 e. The molecule has 0 heterocycles. The number of nitrogens with zero attached hydrogens (tertiary/aromatic N) is 1. The lowest BCUT2D eigenvalue weighted by Crippen LogP contribution is -2.44. The fourth-order valence-corrected chi connectivity index (χ4v) is 1.88. The molecule has 0 radical (unpaired) electrons. The van der Waals surface area contributed by atoms with Crippen molar-refractivity contribution in [2.75, 3.05) is 54.1 Å². The molecule has 0 aromatic rings. The Morgan fingerprint density at radius 1 is 1.12 bits per heavy atom. The van der Waals surface area contributed by atoms with Crippen LogP contribution in [0.25, 0.3) is 0 Å². The van der Waals surface area contributed by atoms with Crippen LogP contribution in [-0.4, -0.2) is 65.1 Å². The molecule has 4 nitrogen and oxygen atoms in total. The highest BCUT2D eigenvalue weighted by molar-refractivity contribution is 4.73. The van der Waals surface area contributed by atoms with E-state index < -0.39 is 0 Å². The third-order valence-corrected chi connectivity index (χ3v) is 2.74. The summed E-state index contributed by atoms with van der Waals surface area (Å²) in [4.78, 5) is 2.45. The van der Waals surface area contributed by atoms with Crippen LogP contribution < -0.4 is 5.32 Å². The first kappa shape index (κ1) is 15.8. The van der Waals surface area contributed by atoms with Gasteiger partial charge in [0, 0.05) is 39.9 Å². The average molecular weight is 232 g/mol. The van der Waals surface area contributed by atoms with Crippen molar-refractivity contribution in [2.45, 2.75) is 25.8 Å². The predicted molar refractivity (Wildman–Crippen MR) is 67.9 cm³/mol. The van der Waals surface area contributed by atoms with Crippen molar-refractivity contribution in [1.29, 1.82) is 0 Å². The van der Waals surface area contributed by atoms with Crippen molar-refractivity contribution in [1.82, 2.24) is 10.2 Å². The molecule has 98 valence electrons. The number of rotatable bonds is 11. The standard InChI is InChI=1S/C12H28N2O2/c1-5-6-12(11-13-2)14(7-9-15-3)8-10-16-4/h12-13H,5-11H2,1-4H3. The van der Waals surface area contributed by atoms with E-state index in [-0.39, 0.29) is 0 Å². The highest BCUT2D eigenvalue weighted by Crippen LogP contribution is 2.06. The normalized spacial score (nSPS) is 13.3. The Kier molecular flexibility index (Phi) is 11.2. The van der Waals surface area contributed by atoms with Gasteiger partial charge in [0.05, 0.1) is 13.2 Å². The number of likely N-dealkylation sites (N-methyl/N-ethyl adjacent to an activating group) is 1. The number of hydrogen-bond donors (Lipinski definition) is 1. The van der Waals surface area contributed by atoms with Crippen molar-refractivity contribution >= 4 is 0 Å². The van der Waals surface area contributed by atoms with Gasteiger partial charge in [-0.05, 0) is 13.5 Å². The van der Waals surface area contributed by atoms with Crippen molar-refractivity contribution in [3.8, 4) is 0 Å². The van der Waals surface area contributed by atoms with Gasteiger partial charge in [0.2, 0.25) is 0 Å². The monoisotopic (exact) mass is 232 g/mol. The fraction of sp³-hybridized carbons (Fsp3) is 1.00. The molecule has 0 rings (SSSR count). The summed E-state index contributed by atoms with van der Waals surface area (Å²) in [6.07, 6.45) is 2.43. The van der Waals surface area contributed by atoms with Gasteiger partial charge in [-0.1, -0.05) is 13.3 Å². The molecule has 1 atom stereocenters. The molecular formula is C12H28N2O2. The van der Waals surface area contributed by atoms with E-state index in [4.69, 9.17) is 9.47 Å². The summed E-state index contributed by atoms with van der Waals surface area (Å²) in [6, 6.07) is 0.584. The van der Waals surface area contributed by atoms with Gasteiger partial charge in [-0.3, -0.25) is 4.90 Å². The largest absolute Gasteiger partial charge is 0.383 e. The van der Waals surface area contributed by atoms with E-state index in [1.807, 2.05) is 7.05 Å². The van der Waals surface area contributed by atoms with Gasteiger partial charge in [-0.25, -0.2) is 0 Å².